The van der Waals surface area contributed by atoms with Gasteiger partial charge in [-0.05, 0) is 59.7 Å². The number of dihydropyridines is 1. The molecule has 0 saturated carbocycles. The molecule has 51 heavy (non-hydrogen) atoms. The quantitative estimate of drug-likeness (QED) is 0.205. The van der Waals surface area contributed by atoms with E-state index >= 15 is 0 Å². The molecule has 0 fully saturated rings. The first-order valence-corrected chi connectivity index (χ1v) is 17.6. The van der Waals surface area contributed by atoms with Crippen LogP contribution in [0, 0.1) is 0 Å². The van der Waals surface area contributed by atoms with Gasteiger partial charge in [0.05, 0.1) is 11.0 Å². The first-order chi connectivity index (χ1) is 25.3. The number of hydrogen-bond acceptors (Lipinski definition) is 3. The zero-order chi connectivity index (χ0) is 33.7. The highest BCUT2D eigenvalue weighted by molar-refractivity contribution is 6.13. The van der Waals surface area contributed by atoms with Crippen LogP contribution in [0.1, 0.15) is 11.5 Å². The maximum Gasteiger partial charge on any atom is 0.135 e. The Hall–Kier alpha value is -6.52. The maximum atomic E-state index is 7.07. The SMILES string of the molecule is C1=CCNC(C2=CC3Oc4ccccc4-c4ccccc4Oc4cc(-c5cccc6c7ccccc7n(-c7ccccc7)c56)ccc4C3C=C2)=C1. The standard InChI is InChI=1S/C47H34N2O2/c1-2-13-33(14-3-1)49-42-21-7-4-15-35(42)40-19-12-18-34(47(40)49)31-24-26-38-39-27-25-32(41-20-10-11-28-48-41)30-46(39)51-44-23-9-6-17-37(44)36-16-5-8-22-43(36)50-45(38)29-31/h1-27,29-30,39,46,48H,28H2. The molecule has 3 heterocycles. The number of hydrogen-bond donors (Lipinski definition) is 1. The molecule has 0 spiro atoms. The van der Waals surface area contributed by atoms with Gasteiger partial charge in [0.1, 0.15) is 23.4 Å². The molecular weight excluding hydrogens is 625 g/mol. The van der Waals surface area contributed by atoms with E-state index in [2.05, 4.69) is 174 Å². The molecule has 2 atom stereocenters. The minimum atomic E-state index is -0.262. The third-order valence-corrected chi connectivity index (χ3v) is 10.2. The molecule has 2 aliphatic heterocycles. The summed E-state index contributed by atoms with van der Waals surface area (Å²) in [6, 6.07) is 49.2. The zero-order valence-electron chi connectivity index (χ0n) is 27.9. The van der Waals surface area contributed by atoms with Crippen LogP contribution in [0.5, 0.6) is 17.2 Å². The molecule has 1 aliphatic carbocycles. The van der Waals surface area contributed by atoms with E-state index in [-0.39, 0.29) is 12.0 Å². The van der Waals surface area contributed by atoms with Gasteiger partial charge in [-0.1, -0.05) is 127 Å². The largest absolute Gasteiger partial charge is 0.485 e. The number of nitrogens with one attached hydrogen (secondary N) is 1. The molecule has 0 bridgehead atoms. The molecule has 3 aliphatic rings. The van der Waals surface area contributed by atoms with Gasteiger partial charge in [-0.2, -0.15) is 0 Å². The molecule has 4 nitrogen and oxygen atoms in total. The number of nitrogens with zero attached hydrogens (tertiary/aromatic N) is 1. The summed E-state index contributed by atoms with van der Waals surface area (Å²) in [6.45, 7) is 0.807. The van der Waals surface area contributed by atoms with E-state index in [0.717, 1.165) is 68.6 Å². The van der Waals surface area contributed by atoms with Gasteiger partial charge in [0.15, 0.2) is 0 Å². The Labute approximate surface area is 296 Å². The van der Waals surface area contributed by atoms with E-state index in [9.17, 15) is 0 Å². The van der Waals surface area contributed by atoms with E-state index in [1.165, 1.54) is 21.8 Å². The Morgan fingerprint density at radius 3 is 2.25 bits per heavy atom. The van der Waals surface area contributed by atoms with E-state index in [4.69, 9.17) is 9.47 Å². The number of allylic oxidation sites excluding steroid dienone is 3. The first kappa shape index (κ1) is 29.4. The number of ether oxygens (including phenoxy) is 2. The van der Waals surface area contributed by atoms with Gasteiger partial charge in [-0.25, -0.2) is 0 Å². The number of fused-ring (bicyclic) bond motifs is 9. The normalized spacial score (nSPS) is 17.5. The van der Waals surface area contributed by atoms with Crippen molar-refractivity contribution in [2.24, 2.45) is 0 Å². The van der Waals surface area contributed by atoms with Crippen molar-refractivity contribution < 1.29 is 9.47 Å². The minimum Gasteiger partial charge on any atom is -0.485 e. The van der Waals surface area contributed by atoms with Crippen molar-refractivity contribution in [3.05, 3.63) is 193 Å². The predicted octanol–water partition coefficient (Wildman–Crippen LogP) is 11.3. The molecule has 4 heteroatoms. The highest BCUT2D eigenvalue weighted by Gasteiger charge is 2.31. The molecular formula is C47H34N2O2. The van der Waals surface area contributed by atoms with Crippen LogP contribution in [0.2, 0.25) is 0 Å². The van der Waals surface area contributed by atoms with Gasteiger partial charge in [-0.3, -0.25) is 0 Å². The van der Waals surface area contributed by atoms with Crippen molar-refractivity contribution in [2.75, 3.05) is 6.54 Å². The Bertz CT molecular complexity index is 2610. The third kappa shape index (κ3) is 4.99. The number of rotatable bonds is 3. The van der Waals surface area contributed by atoms with Crippen LogP contribution in [-0.4, -0.2) is 17.2 Å². The maximum absolute atomic E-state index is 7.07. The monoisotopic (exact) mass is 658 g/mol. The van der Waals surface area contributed by atoms with Crippen molar-refractivity contribution in [1.82, 2.24) is 9.88 Å². The Morgan fingerprint density at radius 2 is 1.39 bits per heavy atom. The molecule has 2 unspecified atom stereocenters. The van der Waals surface area contributed by atoms with E-state index in [1.807, 2.05) is 12.1 Å². The van der Waals surface area contributed by atoms with Crippen molar-refractivity contribution >= 4 is 21.8 Å². The fourth-order valence-corrected chi connectivity index (χ4v) is 7.88. The summed E-state index contributed by atoms with van der Waals surface area (Å²) >= 11 is 0. The first-order valence-electron chi connectivity index (χ1n) is 17.6. The van der Waals surface area contributed by atoms with Crippen molar-refractivity contribution in [3.63, 3.8) is 0 Å². The fourth-order valence-electron chi connectivity index (χ4n) is 7.88. The summed E-state index contributed by atoms with van der Waals surface area (Å²) in [5, 5.41) is 5.97. The van der Waals surface area contributed by atoms with Crippen LogP contribution in [0.3, 0.4) is 0 Å². The van der Waals surface area contributed by atoms with Gasteiger partial charge in [0.2, 0.25) is 0 Å². The lowest BCUT2D eigenvalue weighted by atomic mass is 9.85. The number of para-hydroxylation sites is 5. The molecule has 1 aromatic heterocycles. The van der Waals surface area contributed by atoms with E-state index in [1.54, 1.807) is 0 Å². The number of aromatic nitrogens is 1. The second-order valence-corrected chi connectivity index (χ2v) is 13.2. The van der Waals surface area contributed by atoms with Crippen molar-refractivity contribution in [3.8, 4) is 45.2 Å². The molecule has 10 rings (SSSR count). The molecule has 0 saturated heterocycles. The fraction of sp³-hybridized carbons (Fsp3) is 0.0638. The second-order valence-electron chi connectivity index (χ2n) is 13.2. The van der Waals surface area contributed by atoms with Gasteiger partial charge >= 0.3 is 0 Å². The van der Waals surface area contributed by atoms with Crippen LogP contribution in [0.15, 0.2) is 187 Å². The Morgan fingerprint density at radius 1 is 0.647 bits per heavy atom. The lowest BCUT2D eigenvalue weighted by Crippen LogP contribution is -2.27. The summed E-state index contributed by atoms with van der Waals surface area (Å²) < 4.78 is 16.5. The Kier molecular flexibility index (Phi) is 6.98. The van der Waals surface area contributed by atoms with Crippen LogP contribution >= 0.6 is 0 Å². The smallest absolute Gasteiger partial charge is 0.135 e. The Balaban J connectivity index is 1.19. The second kappa shape index (κ2) is 12.1. The summed E-state index contributed by atoms with van der Waals surface area (Å²) in [4.78, 5) is 0. The topological polar surface area (TPSA) is 35.4 Å². The van der Waals surface area contributed by atoms with E-state index in [0.29, 0.717) is 0 Å². The highest BCUT2D eigenvalue weighted by Crippen LogP contribution is 2.47. The average molecular weight is 659 g/mol. The highest BCUT2D eigenvalue weighted by atomic mass is 16.5. The van der Waals surface area contributed by atoms with Crippen LogP contribution in [0.25, 0.3) is 49.7 Å². The molecule has 244 valence electrons. The van der Waals surface area contributed by atoms with Crippen LogP contribution in [0.4, 0.5) is 0 Å². The van der Waals surface area contributed by atoms with E-state index < -0.39 is 0 Å². The molecule has 7 aromatic rings. The van der Waals surface area contributed by atoms with Crippen molar-refractivity contribution in [1.29, 1.82) is 0 Å². The minimum absolute atomic E-state index is 0.0811. The van der Waals surface area contributed by atoms with Gasteiger partial charge in [-0.15, -0.1) is 0 Å². The molecule has 6 aromatic carbocycles. The van der Waals surface area contributed by atoms with Crippen LogP contribution in [-0.2, 0) is 0 Å². The van der Waals surface area contributed by atoms with Gasteiger partial charge in [0, 0.05) is 56.9 Å². The molecule has 0 radical (unpaired) electrons. The molecule has 1 N–H and O–H groups in total. The summed E-state index contributed by atoms with van der Waals surface area (Å²) in [6.07, 6.45) is 12.8. The van der Waals surface area contributed by atoms with Crippen molar-refractivity contribution in [2.45, 2.75) is 12.0 Å². The number of benzene rings is 6. The summed E-state index contributed by atoms with van der Waals surface area (Å²) in [5.41, 5.74) is 11.0. The average Bonchev–Trinajstić information content (AvgIpc) is 3.54. The van der Waals surface area contributed by atoms with Crippen LogP contribution < -0.4 is 14.8 Å². The zero-order valence-corrected chi connectivity index (χ0v) is 27.9. The molecule has 0 amide bonds. The van der Waals surface area contributed by atoms with Gasteiger partial charge < -0.3 is 19.4 Å². The summed E-state index contributed by atoms with van der Waals surface area (Å²) in [7, 11) is 0. The predicted molar refractivity (Wildman–Crippen MR) is 208 cm³/mol. The lowest BCUT2D eigenvalue weighted by molar-refractivity contribution is 0.229. The summed E-state index contributed by atoms with van der Waals surface area (Å²) in [5.74, 6) is 2.36. The third-order valence-electron chi connectivity index (χ3n) is 10.2. The lowest BCUT2D eigenvalue weighted by Gasteiger charge is -2.31. The van der Waals surface area contributed by atoms with Gasteiger partial charge in [0.25, 0.3) is 0 Å².